The highest BCUT2D eigenvalue weighted by Crippen LogP contribution is 2.32. The highest BCUT2D eigenvalue weighted by molar-refractivity contribution is 5.84. The minimum Gasteiger partial charge on any atom is -0.486 e. The van der Waals surface area contributed by atoms with Crippen molar-refractivity contribution in [1.29, 1.82) is 0 Å². The molecule has 0 saturated heterocycles. The standard InChI is InChI=1S/C14H18N2O3/c1-9(14(17)16-10-2-3-10)15-11-4-5-12-13(8-11)19-7-6-18-12/h4-5,8-10,15H,2-3,6-7H2,1H3,(H,16,17). The van der Waals surface area contributed by atoms with E-state index in [9.17, 15) is 4.79 Å². The molecule has 0 aromatic heterocycles. The average molecular weight is 262 g/mol. The van der Waals surface area contributed by atoms with Crippen LogP contribution in [0.4, 0.5) is 5.69 Å². The van der Waals surface area contributed by atoms with Crippen molar-refractivity contribution in [2.45, 2.75) is 31.8 Å². The maximum atomic E-state index is 11.9. The van der Waals surface area contributed by atoms with Gasteiger partial charge in [-0.1, -0.05) is 0 Å². The second-order valence-corrected chi connectivity index (χ2v) is 5.01. The maximum Gasteiger partial charge on any atom is 0.242 e. The quantitative estimate of drug-likeness (QED) is 0.864. The van der Waals surface area contributed by atoms with E-state index in [0.717, 1.165) is 30.0 Å². The molecule has 1 unspecified atom stereocenters. The molecular formula is C14H18N2O3. The van der Waals surface area contributed by atoms with Gasteiger partial charge in [0.2, 0.25) is 5.91 Å². The highest BCUT2D eigenvalue weighted by Gasteiger charge is 2.25. The molecule has 2 N–H and O–H groups in total. The van der Waals surface area contributed by atoms with Crippen molar-refractivity contribution in [3.05, 3.63) is 18.2 Å². The van der Waals surface area contributed by atoms with Gasteiger partial charge in [0.15, 0.2) is 11.5 Å². The zero-order valence-corrected chi connectivity index (χ0v) is 10.9. The summed E-state index contributed by atoms with van der Waals surface area (Å²) in [6, 6.07) is 5.76. The zero-order valence-electron chi connectivity index (χ0n) is 10.9. The van der Waals surface area contributed by atoms with Gasteiger partial charge >= 0.3 is 0 Å². The minimum absolute atomic E-state index is 0.0392. The van der Waals surface area contributed by atoms with Crippen LogP contribution in [0.25, 0.3) is 0 Å². The Bertz CT molecular complexity index is 486. The van der Waals surface area contributed by atoms with Crippen LogP contribution in [0.15, 0.2) is 18.2 Å². The second-order valence-electron chi connectivity index (χ2n) is 5.01. The lowest BCUT2D eigenvalue weighted by molar-refractivity contribution is -0.121. The van der Waals surface area contributed by atoms with Crippen LogP contribution in [-0.4, -0.2) is 31.2 Å². The van der Waals surface area contributed by atoms with Crippen molar-refractivity contribution in [3.63, 3.8) is 0 Å². The Morgan fingerprint density at radius 3 is 2.74 bits per heavy atom. The molecule has 1 heterocycles. The molecule has 19 heavy (non-hydrogen) atoms. The Kier molecular flexibility index (Phi) is 3.19. The van der Waals surface area contributed by atoms with E-state index in [4.69, 9.17) is 9.47 Å². The molecule has 102 valence electrons. The van der Waals surface area contributed by atoms with Gasteiger partial charge in [0.25, 0.3) is 0 Å². The van der Waals surface area contributed by atoms with Crippen LogP contribution in [0.5, 0.6) is 11.5 Å². The molecule has 3 rings (SSSR count). The van der Waals surface area contributed by atoms with E-state index in [2.05, 4.69) is 10.6 Å². The van der Waals surface area contributed by atoms with Gasteiger partial charge in [-0.3, -0.25) is 4.79 Å². The van der Waals surface area contributed by atoms with E-state index in [1.807, 2.05) is 25.1 Å². The Hall–Kier alpha value is -1.91. The van der Waals surface area contributed by atoms with Crippen LogP contribution in [0.2, 0.25) is 0 Å². The minimum atomic E-state index is -0.261. The molecule has 1 amide bonds. The Balaban J connectivity index is 1.63. The summed E-state index contributed by atoms with van der Waals surface area (Å²) in [6.07, 6.45) is 2.20. The fourth-order valence-electron chi connectivity index (χ4n) is 2.00. The monoisotopic (exact) mass is 262 g/mol. The number of fused-ring (bicyclic) bond motifs is 1. The van der Waals surface area contributed by atoms with Crippen molar-refractivity contribution >= 4 is 11.6 Å². The number of nitrogens with one attached hydrogen (secondary N) is 2. The smallest absolute Gasteiger partial charge is 0.242 e. The number of carbonyl (C=O) groups is 1. The number of carbonyl (C=O) groups excluding carboxylic acids is 1. The van der Waals surface area contributed by atoms with Crippen LogP contribution in [0, 0.1) is 0 Å². The molecular weight excluding hydrogens is 244 g/mol. The molecule has 1 atom stereocenters. The van der Waals surface area contributed by atoms with Crippen molar-refractivity contribution in [1.82, 2.24) is 5.32 Å². The topological polar surface area (TPSA) is 59.6 Å². The maximum absolute atomic E-state index is 11.9. The van der Waals surface area contributed by atoms with Crippen LogP contribution in [0.1, 0.15) is 19.8 Å². The summed E-state index contributed by atoms with van der Waals surface area (Å²) in [5.74, 6) is 1.52. The normalized spacial score (nSPS) is 18.6. The largest absolute Gasteiger partial charge is 0.486 e. The molecule has 1 aliphatic heterocycles. The van der Waals surface area contributed by atoms with E-state index >= 15 is 0 Å². The molecule has 0 spiro atoms. The lowest BCUT2D eigenvalue weighted by Crippen LogP contribution is -2.38. The number of hydrogen-bond donors (Lipinski definition) is 2. The first-order chi connectivity index (χ1) is 9.22. The van der Waals surface area contributed by atoms with Crippen LogP contribution in [-0.2, 0) is 4.79 Å². The first kappa shape index (κ1) is 12.1. The second kappa shape index (κ2) is 4.99. The molecule has 2 aliphatic rings. The lowest BCUT2D eigenvalue weighted by atomic mass is 10.2. The molecule has 0 bridgehead atoms. The van der Waals surface area contributed by atoms with Crippen LogP contribution in [0.3, 0.4) is 0 Å². The van der Waals surface area contributed by atoms with Gasteiger partial charge in [-0.2, -0.15) is 0 Å². The average Bonchev–Trinajstić information content (AvgIpc) is 3.22. The third-order valence-electron chi connectivity index (χ3n) is 3.24. The van der Waals surface area contributed by atoms with E-state index < -0.39 is 0 Å². The molecule has 1 aromatic carbocycles. The first-order valence-corrected chi connectivity index (χ1v) is 6.69. The van der Waals surface area contributed by atoms with Crippen molar-refractivity contribution < 1.29 is 14.3 Å². The number of benzene rings is 1. The molecule has 1 saturated carbocycles. The van der Waals surface area contributed by atoms with Crippen molar-refractivity contribution in [2.75, 3.05) is 18.5 Å². The first-order valence-electron chi connectivity index (χ1n) is 6.69. The van der Waals surface area contributed by atoms with Gasteiger partial charge < -0.3 is 20.1 Å². The molecule has 1 aromatic rings. The molecule has 5 heteroatoms. The molecule has 1 aliphatic carbocycles. The Morgan fingerprint density at radius 2 is 2.00 bits per heavy atom. The summed E-state index contributed by atoms with van der Waals surface area (Å²) < 4.78 is 11.0. The number of ether oxygens (including phenoxy) is 2. The van der Waals surface area contributed by atoms with E-state index in [0.29, 0.717) is 19.3 Å². The Labute approximate surface area is 112 Å². The summed E-state index contributed by atoms with van der Waals surface area (Å²) in [5, 5.41) is 6.16. The fraction of sp³-hybridized carbons (Fsp3) is 0.500. The fourth-order valence-corrected chi connectivity index (χ4v) is 2.00. The predicted octanol–water partition coefficient (Wildman–Crippen LogP) is 1.54. The van der Waals surface area contributed by atoms with Crippen LogP contribution < -0.4 is 20.1 Å². The van der Waals surface area contributed by atoms with Gasteiger partial charge in [0.1, 0.15) is 19.3 Å². The third kappa shape index (κ3) is 2.92. The zero-order chi connectivity index (χ0) is 13.2. The summed E-state index contributed by atoms with van der Waals surface area (Å²) >= 11 is 0. The number of rotatable bonds is 4. The van der Waals surface area contributed by atoms with Gasteiger partial charge in [-0.25, -0.2) is 0 Å². The predicted molar refractivity (Wildman–Crippen MR) is 71.7 cm³/mol. The summed E-state index contributed by atoms with van der Waals surface area (Å²) in [4.78, 5) is 11.9. The van der Waals surface area contributed by atoms with E-state index in [-0.39, 0.29) is 11.9 Å². The van der Waals surface area contributed by atoms with E-state index in [1.54, 1.807) is 0 Å². The van der Waals surface area contributed by atoms with Gasteiger partial charge in [-0.05, 0) is 31.9 Å². The summed E-state index contributed by atoms with van der Waals surface area (Å²) in [5.41, 5.74) is 0.864. The van der Waals surface area contributed by atoms with E-state index in [1.165, 1.54) is 0 Å². The summed E-state index contributed by atoms with van der Waals surface area (Å²) in [6.45, 7) is 3.00. The SMILES string of the molecule is CC(Nc1ccc2c(c1)OCCO2)C(=O)NC1CC1. The van der Waals surface area contributed by atoms with Crippen molar-refractivity contribution in [3.8, 4) is 11.5 Å². The number of anilines is 1. The molecule has 5 nitrogen and oxygen atoms in total. The number of hydrogen-bond acceptors (Lipinski definition) is 4. The molecule has 1 fully saturated rings. The third-order valence-corrected chi connectivity index (χ3v) is 3.24. The number of amides is 1. The Morgan fingerprint density at radius 1 is 1.26 bits per heavy atom. The van der Waals surface area contributed by atoms with Crippen molar-refractivity contribution in [2.24, 2.45) is 0 Å². The highest BCUT2D eigenvalue weighted by atomic mass is 16.6. The van der Waals surface area contributed by atoms with Gasteiger partial charge in [0.05, 0.1) is 0 Å². The van der Waals surface area contributed by atoms with Gasteiger partial charge in [-0.15, -0.1) is 0 Å². The van der Waals surface area contributed by atoms with Crippen LogP contribution >= 0.6 is 0 Å². The molecule has 0 radical (unpaired) electrons. The summed E-state index contributed by atoms with van der Waals surface area (Å²) in [7, 11) is 0. The lowest BCUT2D eigenvalue weighted by Gasteiger charge is -2.20. The van der Waals surface area contributed by atoms with Gasteiger partial charge in [0, 0.05) is 17.8 Å².